The maximum atomic E-state index is 13.2. The number of halogens is 1. The summed E-state index contributed by atoms with van der Waals surface area (Å²) in [6, 6.07) is 4.51. The van der Waals surface area contributed by atoms with E-state index in [1.54, 1.807) is 19.1 Å². The number of nitrogens with one attached hydrogen (secondary N) is 1. The average molecular weight is 257 g/mol. The highest BCUT2D eigenvalue weighted by Crippen LogP contribution is 2.23. The highest BCUT2D eigenvalue weighted by Gasteiger charge is 2.15. The van der Waals surface area contributed by atoms with Gasteiger partial charge in [-0.25, -0.2) is 4.39 Å². The summed E-state index contributed by atoms with van der Waals surface area (Å²) in [6.45, 7) is 7.50. The van der Waals surface area contributed by atoms with Gasteiger partial charge in [-0.2, -0.15) is 0 Å². The van der Waals surface area contributed by atoms with E-state index in [4.69, 9.17) is 0 Å². The first kappa shape index (κ1) is 13.3. The van der Waals surface area contributed by atoms with Crippen LogP contribution in [0.3, 0.4) is 0 Å². The largest absolute Gasteiger partial charge is 0.322 e. The SMILES string of the molecule is C=C1CC=C(C)C=C1C(=O)Nc1ccc(F)c(C)c1. The Hall–Kier alpha value is -2.16. The van der Waals surface area contributed by atoms with Gasteiger partial charge in [0.05, 0.1) is 0 Å². The van der Waals surface area contributed by atoms with E-state index in [2.05, 4.69) is 11.9 Å². The summed E-state index contributed by atoms with van der Waals surface area (Å²) in [5, 5.41) is 2.77. The van der Waals surface area contributed by atoms with E-state index in [1.807, 2.05) is 19.1 Å². The van der Waals surface area contributed by atoms with Gasteiger partial charge >= 0.3 is 0 Å². The maximum Gasteiger partial charge on any atom is 0.255 e. The van der Waals surface area contributed by atoms with Crippen molar-refractivity contribution >= 4 is 11.6 Å². The Kier molecular flexibility index (Phi) is 3.65. The Bertz CT molecular complexity index is 611. The van der Waals surface area contributed by atoms with Crippen LogP contribution in [0.5, 0.6) is 0 Å². The van der Waals surface area contributed by atoms with Gasteiger partial charge in [0.2, 0.25) is 0 Å². The zero-order valence-electron chi connectivity index (χ0n) is 11.1. The molecule has 1 aromatic carbocycles. The second-order valence-electron chi connectivity index (χ2n) is 4.73. The Labute approximate surface area is 112 Å². The molecule has 1 aliphatic carbocycles. The number of carbonyl (C=O) groups is 1. The van der Waals surface area contributed by atoms with Crippen molar-refractivity contribution < 1.29 is 9.18 Å². The van der Waals surface area contributed by atoms with Crippen LogP contribution < -0.4 is 5.32 Å². The van der Waals surface area contributed by atoms with Crippen LogP contribution in [0.4, 0.5) is 10.1 Å². The topological polar surface area (TPSA) is 29.1 Å². The van der Waals surface area contributed by atoms with Crippen LogP contribution in [0.25, 0.3) is 0 Å². The molecule has 0 atom stereocenters. The number of hydrogen-bond donors (Lipinski definition) is 1. The smallest absolute Gasteiger partial charge is 0.255 e. The molecule has 19 heavy (non-hydrogen) atoms. The predicted octanol–water partition coefficient (Wildman–Crippen LogP) is 3.91. The van der Waals surface area contributed by atoms with Crippen LogP contribution >= 0.6 is 0 Å². The fraction of sp³-hybridized carbons (Fsp3) is 0.188. The summed E-state index contributed by atoms with van der Waals surface area (Å²) >= 11 is 0. The summed E-state index contributed by atoms with van der Waals surface area (Å²) in [7, 11) is 0. The van der Waals surface area contributed by atoms with Gasteiger partial charge in [0.1, 0.15) is 5.82 Å². The first-order valence-corrected chi connectivity index (χ1v) is 6.11. The second-order valence-corrected chi connectivity index (χ2v) is 4.73. The minimum Gasteiger partial charge on any atom is -0.322 e. The summed E-state index contributed by atoms with van der Waals surface area (Å²) in [5.41, 5.74) is 3.52. The molecule has 0 unspecified atom stereocenters. The molecule has 0 heterocycles. The lowest BCUT2D eigenvalue weighted by Crippen LogP contribution is -2.17. The minimum atomic E-state index is -0.280. The van der Waals surface area contributed by atoms with E-state index in [1.165, 1.54) is 6.07 Å². The van der Waals surface area contributed by atoms with E-state index in [0.29, 0.717) is 23.2 Å². The molecule has 98 valence electrons. The second kappa shape index (κ2) is 5.22. The van der Waals surface area contributed by atoms with Gasteiger partial charge in [-0.05, 0) is 55.7 Å². The van der Waals surface area contributed by atoms with Crippen LogP contribution in [-0.2, 0) is 4.79 Å². The number of amides is 1. The Morgan fingerprint density at radius 2 is 2.11 bits per heavy atom. The van der Waals surface area contributed by atoms with Crippen LogP contribution in [0.15, 0.2) is 53.6 Å². The standard InChI is InChI=1S/C16H16FNO/c1-10-4-5-11(2)14(8-10)16(19)18-13-6-7-15(17)12(3)9-13/h4,6-9H,2,5H2,1,3H3,(H,18,19). The fourth-order valence-corrected chi connectivity index (χ4v) is 1.93. The van der Waals surface area contributed by atoms with Gasteiger partial charge < -0.3 is 5.32 Å². The first-order valence-electron chi connectivity index (χ1n) is 6.11. The van der Waals surface area contributed by atoms with Gasteiger partial charge in [0, 0.05) is 11.3 Å². The van der Waals surface area contributed by atoms with Crippen molar-refractivity contribution in [3.05, 3.63) is 65.0 Å². The third-order valence-corrected chi connectivity index (χ3v) is 3.08. The third kappa shape index (κ3) is 2.99. The quantitative estimate of drug-likeness (QED) is 0.855. The monoisotopic (exact) mass is 257 g/mol. The van der Waals surface area contributed by atoms with E-state index in [-0.39, 0.29) is 11.7 Å². The molecule has 0 saturated heterocycles. The van der Waals surface area contributed by atoms with Crippen molar-refractivity contribution in [3.8, 4) is 0 Å². The minimum absolute atomic E-state index is 0.205. The number of allylic oxidation sites excluding steroid dienone is 3. The number of aryl methyl sites for hydroxylation is 1. The zero-order valence-corrected chi connectivity index (χ0v) is 11.1. The summed E-state index contributed by atoms with van der Waals surface area (Å²) in [6.07, 6.45) is 4.53. The predicted molar refractivity (Wildman–Crippen MR) is 75.4 cm³/mol. The lowest BCUT2D eigenvalue weighted by molar-refractivity contribution is -0.112. The average Bonchev–Trinajstić information content (AvgIpc) is 2.36. The van der Waals surface area contributed by atoms with Crippen LogP contribution in [-0.4, -0.2) is 5.91 Å². The molecule has 3 heteroatoms. The maximum absolute atomic E-state index is 13.2. The molecule has 0 aromatic heterocycles. The molecule has 0 fully saturated rings. The van der Waals surface area contributed by atoms with Gasteiger partial charge in [-0.15, -0.1) is 0 Å². The number of rotatable bonds is 2. The van der Waals surface area contributed by atoms with Crippen molar-refractivity contribution in [2.75, 3.05) is 5.32 Å². The molecule has 1 N–H and O–H groups in total. The molecule has 1 aromatic rings. The first-order chi connectivity index (χ1) is 8.97. The molecule has 0 saturated carbocycles. The normalized spacial score (nSPS) is 14.8. The summed E-state index contributed by atoms with van der Waals surface area (Å²) < 4.78 is 13.2. The number of anilines is 1. The highest BCUT2D eigenvalue weighted by molar-refractivity contribution is 6.07. The highest BCUT2D eigenvalue weighted by atomic mass is 19.1. The zero-order chi connectivity index (χ0) is 14.0. The van der Waals surface area contributed by atoms with Crippen molar-refractivity contribution in [1.29, 1.82) is 0 Å². The molecule has 1 aliphatic rings. The van der Waals surface area contributed by atoms with Gasteiger partial charge in [0.15, 0.2) is 0 Å². The molecule has 0 bridgehead atoms. The third-order valence-electron chi connectivity index (χ3n) is 3.08. The van der Waals surface area contributed by atoms with E-state index < -0.39 is 0 Å². The molecule has 2 rings (SSSR count). The number of hydrogen-bond acceptors (Lipinski definition) is 1. The molecule has 2 nitrogen and oxygen atoms in total. The Morgan fingerprint density at radius 1 is 1.37 bits per heavy atom. The van der Waals surface area contributed by atoms with E-state index in [0.717, 1.165) is 11.1 Å². The van der Waals surface area contributed by atoms with Crippen LogP contribution in [0.1, 0.15) is 18.9 Å². The van der Waals surface area contributed by atoms with Crippen molar-refractivity contribution in [2.24, 2.45) is 0 Å². The van der Waals surface area contributed by atoms with Crippen molar-refractivity contribution in [2.45, 2.75) is 20.3 Å². The Balaban J connectivity index is 2.19. The van der Waals surface area contributed by atoms with Gasteiger partial charge in [0.25, 0.3) is 5.91 Å². The lowest BCUT2D eigenvalue weighted by Gasteiger charge is -2.14. The molecule has 1 amide bonds. The van der Waals surface area contributed by atoms with Gasteiger partial charge in [-0.1, -0.05) is 18.2 Å². The van der Waals surface area contributed by atoms with Crippen LogP contribution in [0.2, 0.25) is 0 Å². The molecule has 0 aliphatic heterocycles. The van der Waals surface area contributed by atoms with E-state index >= 15 is 0 Å². The van der Waals surface area contributed by atoms with Crippen molar-refractivity contribution in [1.82, 2.24) is 0 Å². The van der Waals surface area contributed by atoms with Crippen LogP contribution in [0, 0.1) is 12.7 Å². The summed E-state index contributed by atoms with van der Waals surface area (Å²) in [5.74, 6) is -0.485. The molecular weight excluding hydrogens is 241 g/mol. The summed E-state index contributed by atoms with van der Waals surface area (Å²) in [4.78, 5) is 12.2. The molecule has 0 radical (unpaired) electrons. The molecule has 0 spiro atoms. The van der Waals surface area contributed by atoms with E-state index in [9.17, 15) is 9.18 Å². The number of benzene rings is 1. The van der Waals surface area contributed by atoms with Gasteiger partial charge in [-0.3, -0.25) is 4.79 Å². The molecular formula is C16H16FNO. The van der Waals surface area contributed by atoms with Crippen molar-refractivity contribution in [3.63, 3.8) is 0 Å². The Morgan fingerprint density at radius 3 is 2.79 bits per heavy atom. The number of carbonyl (C=O) groups excluding carboxylic acids is 1. The lowest BCUT2D eigenvalue weighted by atomic mass is 9.95. The fourth-order valence-electron chi connectivity index (χ4n) is 1.93.